The molecule has 2 aromatic heterocycles. The number of nitrogens with zero attached hydrogens (tertiary/aromatic N) is 1. The molecule has 0 atom stereocenters. The molecule has 0 radical (unpaired) electrons. The van der Waals surface area contributed by atoms with Crippen molar-refractivity contribution in [3.63, 3.8) is 0 Å². The maximum atomic E-state index is 11.2. The Hall–Kier alpha value is -1.62. The van der Waals surface area contributed by atoms with Crippen LogP contribution < -0.4 is 0 Å². The van der Waals surface area contributed by atoms with Crippen molar-refractivity contribution in [1.29, 1.82) is 0 Å². The number of furan rings is 1. The van der Waals surface area contributed by atoms with E-state index in [2.05, 4.69) is 4.98 Å². The number of hydrogen-bond donors (Lipinski definition) is 1. The molecule has 1 N–H and O–H groups in total. The molecule has 2 rings (SSSR count). The molecule has 18 heavy (non-hydrogen) atoms. The van der Waals surface area contributed by atoms with E-state index >= 15 is 0 Å². The Morgan fingerprint density at radius 3 is 2.78 bits per heavy atom. The summed E-state index contributed by atoms with van der Waals surface area (Å²) in [6.07, 6.45) is 0.832. The van der Waals surface area contributed by atoms with E-state index in [0.29, 0.717) is 11.5 Å². The second-order valence-electron chi connectivity index (χ2n) is 4.59. The number of thiazole rings is 1. The van der Waals surface area contributed by atoms with Crippen molar-refractivity contribution < 1.29 is 14.3 Å². The third kappa shape index (κ3) is 2.18. The summed E-state index contributed by atoms with van der Waals surface area (Å²) in [5, 5.41) is 11.7. The fourth-order valence-corrected chi connectivity index (χ4v) is 2.41. The molecule has 0 saturated carbocycles. The van der Waals surface area contributed by atoms with Crippen LogP contribution in [-0.4, -0.2) is 16.1 Å². The van der Waals surface area contributed by atoms with Gasteiger partial charge in [-0.2, -0.15) is 0 Å². The van der Waals surface area contributed by atoms with Crippen LogP contribution >= 0.6 is 11.3 Å². The summed E-state index contributed by atoms with van der Waals surface area (Å²) in [4.78, 5) is 15.5. The van der Waals surface area contributed by atoms with Crippen LogP contribution in [-0.2, 0) is 16.6 Å². The fraction of sp³-hybridized carbons (Fsp3) is 0.385. The van der Waals surface area contributed by atoms with E-state index in [9.17, 15) is 4.79 Å². The van der Waals surface area contributed by atoms with Crippen molar-refractivity contribution in [3.8, 4) is 10.8 Å². The third-order valence-electron chi connectivity index (χ3n) is 2.90. The Morgan fingerprint density at radius 1 is 1.50 bits per heavy atom. The summed E-state index contributed by atoms with van der Waals surface area (Å²) in [7, 11) is 0. The minimum atomic E-state index is -0.977. The highest BCUT2D eigenvalue weighted by atomic mass is 32.1. The van der Waals surface area contributed by atoms with E-state index in [4.69, 9.17) is 9.52 Å². The maximum Gasteiger partial charge on any atom is 0.315 e. The van der Waals surface area contributed by atoms with Gasteiger partial charge < -0.3 is 9.52 Å². The van der Waals surface area contributed by atoms with Crippen molar-refractivity contribution in [2.45, 2.75) is 32.6 Å². The van der Waals surface area contributed by atoms with Crippen molar-refractivity contribution in [1.82, 2.24) is 4.98 Å². The zero-order chi connectivity index (χ0) is 13.3. The third-order valence-corrected chi connectivity index (χ3v) is 3.76. The van der Waals surface area contributed by atoms with Crippen LogP contribution in [0.25, 0.3) is 10.8 Å². The molecule has 0 aliphatic rings. The molecule has 2 heterocycles. The number of carbonyl (C=O) groups is 1. The van der Waals surface area contributed by atoms with Gasteiger partial charge in [-0.05, 0) is 26.0 Å². The van der Waals surface area contributed by atoms with E-state index < -0.39 is 11.4 Å². The van der Waals surface area contributed by atoms with Crippen LogP contribution in [0.3, 0.4) is 0 Å². The highest BCUT2D eigenvalue weighted by molar-refractivity contribution is 7.13. The lowest BCUT2D eigenvalue weighted by atomic mass is 9.90. The fourth-order valence-electron chi connectivity index (χ4n) is 1.47. The molecule has 0 bridgehead atoms. The van der Waals surface area contributed by atoms with E-state index in [1.807, 2.05) is 19.1 Å². The normalized spacial score (nSPS) is 11.7. The zero-order valence-corrected chi connectivity index (χ0v) is 11.4. The average molecular weight is 265 g/mol. The predicted octanol–water partition coefficient (Wildman–Crippen LogP) is 3.33. The van der Waals surface area contributed by atoms with Crippen LogP contribution in [0.15, 0.2) is 21.9 Å². The van der Waals surface area contributed by atoms with Gasteiger partial charge in [0.25, 0.3) is 0 Å². The molecule has 2 aromatic rings. The Bertz CT molecular complexity index is 568. The highest BCUT2D eigenvalue weighted by Crippen LogP contribution is 2.31. The van der Waals surface area contributed by atoms with Crippen molar-refractivity contribution in [2.24, 2.45) is 0 Å². The number of aromatic nitrogens is 1. The van der Waals surface area contributed by atoms with Crippen molar-refractivity contribution in [3.05, 3.63) is 29.0 Å². The molecule has 0 unspecified atom stereocenters. The molecule has 5 heteroatoms. The molecule has 0 fully saturated rings. The molecule has 0 amide bonds. The van der Waals surface area contributed by atoms with E-state index in [-0.39, 0.29) is 0 Å². The second kappa shape index (κ2) is 4.57. The highest BCUT2D eigenvalue weighted by Gasteiger charge is 2.32. The summed E-state index contributed by atoms with van der Waals surface area (Å²) < 4.78 is 5.61. The molecule has 0 aliphatic heterocycles. The van der Waals surface area contributed by atoms with Gasteiger partial charge in [-0.15, -0.1) is 11.3 Å². The molecular weight excluding hydrogens is 250 g/mol. The topological polar surface area (TPSA) is 63.3 Å². The SMILES string of the molecule is CCc1ccc(-c2nc(C(C)(C)C(=O)O)cs2)o1. The van der Waals surface area contributed by atoms with Gasteiger partial charge in [0.1, 0.15) is 11.2 Å². The summed E-state index contributed by atoms with van der Waals surface area (Å²) in [5.41, 5.74) is -0.418. The average Bonchev–Trinajstić information content (AvgIpc) is 2.97. The number of carboxylic acid groups (broad SMARTS) is 1. The quantitative estimate of drug-likeness (QED) is 0.921. The first-order valence-corrected chi connectivity index (χ1v) is 6.61. The van der Waals surface area contributed by atoms with Gasteiger partial charge in [0.05, 0.1) is 5.69 Å². The minimum absolute atomic E-state index is 0.560. The van der Waals surface area contributed by atoms with Crippen molar-refractivity contribution >= 4 is 17.3 Å². The molecular formula is C13H15NO3S. The number of aryl methyl sites for hydroxylation is 1. The Morgan fingerprint density at radius 2 is 2.22 bits per heavy atom. The Labute approximate surface area is 109 Å². The Balaban J connectivity index is 2.33. The smallest absolute Gasteiger partial charge is 0.315 e. The molecule has 0 aromatic carbocycles. The first-order chi connectivity index (χ1) is 8.45. The number of carboxylic acids is 1. The first-order valence-electron chi connectivity index (χ1n) is 5.73. The zero-order valence-electron chi connectivity index (χ0n) is 10.6. The standard InChI is InChI=1S/C13H15NO3S/c1-4-8-5-6-9(17-8)11-14-10(7-18-11)13(2,3)12(15)16/h5-7H,4H2,1-3H3,(H,15,16). The predicted molar refractivity (Wildman–Crippen MR) is 69.9 cm³/mol. The lowest BCUT2D eigenvalue weighted by Gasteiger charge is -2.15. The minimum Gasteiger partial charge on any atom is -0.481 e. The van der Waals surface area contributed by atoms with Crippen LogP contribution in [0, 0.1) is 0 Å². The van der Waals surface area contributed by atoms with Gasteiger partial charge in [0, 0.05) is 11.8 Å². The molecule has 96 valence electrons. The number of hydrogen-bond acceptors (Lipinski definition) is 4. The number of aliphatic carboxylic acids is 1. The van der Waals surface area contributed by atoms with Crippen LogP contribution in [0.1, 0.15) is 32.2 Å². The number of rotatable bonds is 4. The summed E-state index contributed by atoms with van der Waals surface area (Å²) in [6, 6.07) is 3.79. The van der Waals surface area contributed by atoms with E-state index in [1.165, 1.54) is 11.3 Å². The van der Waals surface area contributed by atoms with Gasteiger partial charge in [-0.1, -0.05) is 6.92 Å². The van der Waals surface area contributed by atoms with Gasteiger partial charge >= 0.3 is 5.97 Å². The lowest BCUT2D eigenvalue weighted by Crippen LogP contribution is -2.28. The molecule has 0 spiro atoms. The summed E-state index contributed by atoms with van der Waals surface area (Å²) in [5.74, 6) is 0.719. The van der Waals surface area contributed by atoms with Crippen LogP contribution in [0.4, 0.5) is 0 Å². The van der Waals surface area contributed by atoms with Gasteiger partial charge in [0.15, 0.2) is 10.8 Å². The van der Waals surface area contributed by atoms with Crippen LogP contribution in [0.2, 0.25) is 0 Å². The van der Waals surface area contributed by atoms with Gasteiger partial charge in [-0.3, -0.25) is 4.79 Å². The maximum absolute atomic E-state index is 11.2. The molecule has 0 saturated heterocycles. The molecule has 4 nitrogen and oxygen atoms in total. The molecule has 0 aliphatic carbocycles. The van der Waals surface area contributed by atoms with Crippen molar-refractivity contribution in [2.75, 3.05) is 0 Å². The van der Waals surface area contributed by atoms with E-state index in [0.717, 1.165) is 17.2 Å². The van der Waals surface area contributed by atoms with E-state index in [1.54, 1.807) is 19.2 Å². The monoisotopic (exact) mass is 265 g/mol. The van der Waals surface area contributed by atoms with Gasteiger partial charge in [0.2, 0.25) is 0 Å². The Kier molecular flexibility index (Phi) is 3.26. The lowest BCUT2D eigenvalue weighted by molar-refractivity contribution is -0.142. The second-order valence-corrected chi connectivity index (χ2v) is 5.45. The van der Waals surface area contributed by atoms with Gasteiger partial charge in [-0.25, -0.2) is 4.98 Å². The summed E-state index contributed by atoms with van der Waals surface area (Å²) >= 11 is 1.40. The van der Waals surface area contributed by atoms with Crippen LogP contribution in [0.5, 0.6) is 0 Å². The first kappa shape index (κ1) is 12.8. The summed E-state index contributed by atoms with van der Waals surface area (Å²) in [6.45, 7) is 5.31. The largest absolute Gasteiger partial charge is 0.481 e.